The molecule has 1 aromatic carbocycles. The molecule has 0 unspecified atom stereocenters. The van der Waals surface area contributed by atoms with Gasteiger partial charge >= 0.3 is 5.97 Å². The van der Waals surface area contributed by atoms with E-state index in [1.54, 1.807) is 42.6 Å². The number of carboxylic acids is 1. The van der Waals surface area contributed by atoms with E-state index in [2.05, 4.69) is 15.3 Å². The normalized spacial score (nSPS) is 10.4. The Kier molecular flexibility index (Phi) is 5.06. The van der Waals surface area contributed by atoms with Gasteiger partial charge in [-0.1, -0.05) is 23.7 Å². The van der Waals surface area contributed by atoms with Crippen LogP contribution in [0.15, 0.2) is 48.8 Å². The molecular formula is C17H12ClN3O3S. The first-order valence-electron chi connectivity index (χ1n) is 7.22. The number of halogens is 1. The molecule has 3 rings (SSSR count). The van der Waals surface area contributed by atoms with Gasteiger partial charge in [0.2, 0.25) is 0 Å². The number of thiazole rings is 1. The number of carbonyl (C=O) groups excluding carboxylic acids is 1. The van der Waals surface area contributed by atoms with E-state index in [9.17, 15) is 9.59 Å². The Labute approximate surface area is 152 Å². The predicted octanol–water partition coefficient (Wildman–Crippen LogP) is 3.74. The van der Waals surface area contributed by atoms with Crippen LogP contribution in [0.25, 0.3) is 11.3 Å². The highest BCUT2D eigenvalue weighted by molar-refractivity contribution is 7.16. The number of rotatable bonds is 5. The summed E-state index contributed by atoms with van der Waals surface area (Å²) in [5.74, 6) is -1.32. The number of carboxylic acid groups (broad SMARTS) is 1. The van der Waals surface area contributed by atoms with Crippen LogP contribution in [0.2, 0.25) is 5.02 Å². The van der Waals surface area contributed by atoms with Gasteiger partial charge in [0.05, 0.1) is 17.7 Å². The number of pyridine rings is 1. The van der Waals surface area contributed by atoms with E-state index < -0.39 is 5.97 Å². The molecule has 0 fully saturated rings. The molecule has 0 spiro atoms. The molecule has 8 heteroatoms. The molecule has 2 aromatic heterocycles. The summed E-state index contributed by atoms with van der Waals surface area (Å²) >= 11 is 7.02. The van der Waals surface area contributed by atoms with Crippen molar-refractivity contribution in [3.05, 3.63) is 64.3 Å². The van der Waals surface area contributed by atoms with Crippen molar-refractivity contribution < 1.29 is 14.7 Å². The maximum absolute atomic E-state index is 12.2. The van der Waals surface area contributed by atoms with Crippen LogP contribution in [0.1, 0.15) is 15.2 Å². The molecule has 0 aliphatic carbocycles. The Morgan fingerprint density at radius 2 is 1.96 bits per heavy atom. The van der Waals surface area contributed by atoms with Crippen molar-refractivity contribution in [2.45, 2.75) is 6.42 Å². The molecule has 0 atom stereocenters. The van der Waals surface area contributed by atoms with E-state index in [-0.39, 0.29) is 12.3 Å². The third-order valence-electron chi connectivity index (χ3n) is 3.27. The average molecular weight is 374 g/mol. The Balaban J connectivity index is 1.91. The molecule has 2 N–H and O–H groups in total. The number of anilines is 1. The molecule has 0 saturated heterocycles. The lowest BCUT2D eigenvalue weighted by atomic mass is 10.1. The van der Waals surface area contributed by atoms with Gasteiger partial charge < -0.3 is 5.11 Å². The van der Waals surface area contributed by atoms with Gasteiger partial charge in [-0.25, -0.2) is 4.98 Å². The number of carbonyl (C=O) groups is 2. The van der Waals surface area contributed by atoms with E-state index in [0.29, 0.717) is 26.3 Å². The molecule has 6 nitrogen and oxygen atoms in total. The highest BCUT2D eigenvalue weighted by Crippen LogP contribution is 2.32. The van der Waals surface area contributed by atoms with Crippen molar-refractivity contribution in [1.29, 1.82) is 0 Å². The second-order valence-electron chi connectivity index (χ2n) is 5.06. The summed E-state index contributed by atoms with van der Waals surface area (Å²) < 4.78 is 0. The van der Waals surface area contributed by atoms with Gasteiger partial charge in [-0.3, -0.25) is 19.9 Å². The SMILES string of the molecule is O=C(O)Cc1sc(NC(=O)c2cccnc2)nc1-c1ccc(Cl)cc1. The number of nitrogens with one attached hydrogen (secondary N) is 1. The molecule has 2 heterocycles. The number of nitrogens with zero attached hydrogens (tertiary/aromatic N) is 2. The van der Waals surface area contributed by atoms with Gasteiger partial charge in [0.1, 0.15) is 0 Å². The fourth-order valence-electron chi connectivity index (χ4n) is 2.16. The molecule has 0 bridgehead atoms. The predicted molar refractivity (Wildman–Crippen MR) is 96.1 cm³/mol. The number of hydrogen-bond donors (Lipinski definition) is 2. The first-order valence-corrected chi connectivity index (χ1v) is 8.41. The first-order chi connectivity index (χ1) is 12.0. The monoisotopic (exact) mass is 373 g/mol. The van der Waals surface area contributed by atoms with E-state index in [1.165, 1.54) is 6.20 Å². The molecule has 3 aromatic rings. The van der Waals surface area contributed by atoms with Crippen molar-refractivity contribution in [3.8, 4) is 11.3 Å². The van der Waals surface area contributed by atoms with Crippen molar-refractivity contribution in [3.63, 3.8) is 0 Å². The maximum Gasteiger partial charge on any atom is 0.308 e. The minimum absolute atomic E-state index is 0.182. The number of amides is 1. The molecule has 0 radical (unpaired) electrons. The van der Waals surface area contributed by atoms with Gasteiger partial charge in [0.15, 0.2) is 5.13 Å². The van der Waals surface area contributed by atoms with Crippen LogP contribution in [0.3, 0.4) is 0 Å². The molecule has 0 aliphatic heterocycles. The number of benzene rings is 1. The second-order valence-corrected chi connectivity index (χ2v) is 6.58. The topological polar surface area (TPSA) is 92.2 Å². The number of aliphatic carboxylic acids is 1. The number of hydrogen-bond acceptors (Lipinski definition) is 5. The summed E-state index contributed by atoms with van der Waals surface area (Å²) in [4.78, 5) is 32.2. The highest BCUT2D eigenvalue weighted by atomic mass is 35.5. The molecular weight excluding hydrogens is 362 g/mol. The first kappa shape index (κ1) is 17.1. The summed E-state index contributed by atoms with van der Waals surface area (Å²) in [6.07, 6.45) is 2.84. The summed E-state index contributed by atoms with van der Waals surface area (Å²) in [6, 6.07) is 10.2. The van der Waals surface area contributed by atoms with Crippen LogP contribution in [0.5, 0.6) is 0 Å². The molecule has 0 aliphatic rings. The van der Waals surface area contributed by atoms with E-state index in [0.717, 1.165) is 16.9 Å². The maximum atomic E-state index is 12.2. The molecule has 126 valence electrons. The summed E-state index contributed by atoms with van der Waals surface area (Å²) in [7, 11) is 0. The van der Waals surface area contributed by atoms with Gasteiger partial charge in [0.25, 0.3) is 5.91 Å². The van der Waals surface area contributed by atoms with Crippen molar-refractivity contribution >= 4 is 39.9 Å². The lowest BCUT2D eigenvalue weighted by Gasteiger charge is -2.01. The largest absolute Gasteiger partial charge is 0.481 e. The minimum Gasteiger partial charge on any atom is -0.481 e. The van der Waals surface area contributed by atoms with Crippen LogP contribution < -0.4 is 5.32 Å². The lowest BCUT2D eigenvalue weighted by Crippen LogP contribution is -2.11. The van der Waals surface area contributed by atoms with Crippen LogP contribution in [0.4, 0.5) is 5.13 Å². The van der Waals surface area contributed by atoms with E-state index in [1.807, 2.05) is 0 Å². The standard InChI is InChI=1S/C17H12ClN3O3S/c18-12-5-3-10(4-6-12)15-13(8-14(22)23)25-17(20-15)21-16(24)11-2-1-7-19-9-11/h1-7,9H,8H2,(H,22,23)(H,20,21,24). The summed E-state index contributed by atoms with van der Waals surface area (Å²) in [6.45, 7) is 0. The number of aromatic nitrogens is 2. The summed E-state index contributed by atoms with van der Waals surface area (Å²) in [5, 5.41) is 12.7. The zero-order chi connectivity index (χ0) is 17.8. The Morgan fingerprint density at radius 3 is 2.60 bits per heavy atom. The Bertz CT molecular complexity index is 911. The smallest absolute Gasteiger partial charge is 0.308 e. The Morgan fingerprint density at radius 1 is 1.20 bits per heavy atom. The van der Waals surface area contributed by atoms with Gasteiger partial charge in [-0.15, -0.1) is 11.3 Å². The average Bonchev–Trinajstić information content (AvgIpc) is 2.98. The van der Waals surface area contributed by atoms with E-state index >= 15 is 0 Å². The zero-order valence-corrected chi connectivity index (χ0v) is 14.3. The fraction of sp³-hybridized carbons (Fsp3) is 0.0588. The lowest BCUT2D eigenvalue weighted by molar-refractivity contribution is -0.136. The molecule has 25 heavy (non-hydrogen) atoms. The third kappa shape index (κ3) is 4.20. The van der Waals surface area contributed by atoms with Crippen molar-refractivity contribution in [2.24, 2.45) is 0 Å². The zero-order valence-electron chi connectivity index (χ0n) is 12.8. The van der Waals surface area contributed by atoms with Gasteiger partial charge in [-0.2, -0.15) is 0 Å². The van der Waals surface area contributed by atoms with Crippen LogP contribution in [0, 0.1) is 0 Å². The minimum atomic E-state index is -0.969. The third-order valence-corrected chi connectivity index (χ3v) is 4.49. The fourth-order valence-corrected chi connectivity index (χ4v) is 3.26. The van der Waals surface area contributed by atoms with Crippen LogP contribution in [-0.2, 0) is 11.2 Å². The van der Waals surface area contributed by atoms with Gasteiger partial charge in [0, 0.05) is 27.9 Å². The van der Waals surface area contributed by atoms with Crippen LogP contribution in [-0.4, -0.2) is 27.0 Å². The Hall–Kier alpha value is -2.77. The van der Waals surface area contributed by atoms with E-state index in [4.69, 9.17) is 16.7 Å². The quantitative estimate of drug-likeness (QED) is 0.710. The van der Waals surface area contributed by atoms with Gasteiger partial charge in [-0.05, 0) is 24.3 Å². The summed E-state index contributed by atoms with van der Waals surface area (Å²) in [5.41, 5.74) is 1.65. The highest BCUT2D eigenvalue weighted by Gasteiger charge is 2.17. The molecule has 1 amide bonds. The van der Waals surface area contributed by atoms with Crippen molar-refractivity contribution in [2.75, 3.05) is 5.32 Å². The second kappa shape index (κ2) is 7.42. The molecule has 0 saturated carbocycles. The van der Waals surface area contributed by atoms with Crippen LogP contribution >= 0.6 is 22.9 Å². The van der Waals surface area contributed by atoms with Crippen molar-refractivity contribution in [1.82, 2.24) is 9.97 Å².